The zero-order valence-electron chi connectivity index (χ0n) is 16.8. The largest absolute Gasteiger partial charge is 0.416 e. The molecule has 0 spiro atoms. The van der Waals surface area contributed by atoms with Crippen LogP contribution in [0.3, 0.4) is 0 Å². The highest BCUT2D eigenvalue weighted by molar-refractivity contribution is 7.17. The van der Waals surface area contributed by atoms with Crippen molar-refractivity contribution < 1.29 is 18.3 Å². The van der Waals surface area contributed by atoms with Gasteiger partial charge >= 0.3 is 6.18 Å². The molecule has 1 N–H and O–H groups in total. The van der Waals surface area contributed by atoms with Crippen molar-refractivity contribution in [3.05, 3.63) is 65.0 Å². The van der Waals surface area contributed by atoms with Crippen LogP contribution in [0.5, 0.6) is 0 Å². The Balaban J connectivity index is 1.35. The molecule has 1 aromatic heterocycles. The van der Waals surface area contributed by atoms with E-state index in [4.69, 9.17) is 0 Å². The van der Waals surface area contributed by atoms with Gasteiger partial charge in [0.05, 0.1) is 11.7 Å². The van der Waals surface area contributed by atoms with E-state index in [-0.39, 0.29) is 5.92 Å². The lowest BCUT2D eigenvalue weighted by Gasteiger charge is -2.38. The number of nitrogens with zero attached hydrogens (tertiary/aromatic N) is 2. The third-order valence-electron chi connectivity index (χ3n) is 5.83. The predicted octanol–water partition coefficient (Wildman–Crippen LogP) is 5.41. The van der Waals surface area contributed by atoms with Crippen molar-refractivity contribution >= 4 is 27.1 Å². The average molecular weight is 435 g/mol. The number of fused-ring (bicyclic) bond motifs is 1. The van der Waals surface area contributed by atoms with Crippen LogP contribution in [0.1, 0.15) is 24.2 Å². The third-order valence-corrected chi connectivity index (χ3v) is 6.81. The summed E-state index contributed by atoms with van der Waals surface area (Å²) in [5.74, 6) is 0.0584. The van der Waals surface area contributed by atoms with Gasteiger partial charge in [0, 0.05) is 43.1 Å². The van der Waals surface area contributed by atoms with Gasteiger partial charge in [0.2, 0.25) is 0 Å². The second-order valence-corrected chi connectivity index (χ2v) is 8.86. The van der Waals surface area contributed by atoms with E-state index in [1.165, 1.54) is 16.8 Å². The summed E-state index contributed by atoms with van der Waals surface area (Å²) in [4.78, 5) is 4.28. The second kappa shape index (κ2) is 8.57. The third kappa shape index (κ3) is 4.48. The number of aliphatic hydroxyl groups excluding tert-OH is 1. The van der Waals surface area contributed by atoms with Gasteiger partial charge in [0.1, 0.15) is 0 Å². The first-order valence-corrected chi connectivity index (χ1v) is 11.0. The van der Waals surface area contributed by atoms with Crippen LogP contribution < -0.4 is 4.90 Å². The first-order chi connectivity index (χ1) is 14.3. The highest BCUT2D eigenvalue weighted by atomic mass is 32.1. The molecular weight excluding hydrogens is 409 g/mol. The van der Waals surface area contributed by atoms with Crippen molar-refractivity contribution in [1.29, 1.82) is 0 Å². The maximum absolute atomic E-state index is 13.0. The first-order valence-electron chi connectivity index (χ1n) is 10.1. The minimum absolute atomic E-state index is 0.0584. The van der Waals surface area contributed by atoms with Crippen molar-refractivity contribution in [2.24, 2.45) is 5.92 Å². The number of alkyl halides is 3. The second-order valence-electron chi connectivity index (χ2n) is 7.95. The standard InChI is InChI=1S/C23H25F3N2OS/c1-16(22(29)20-15-30-21-8-3-2-7-19(20)21)14-27-9-11-28(12-10-27)18-6-4-5-17(13-18)23(24,25)26/h2-8,13,15-16,22,29H,9-12,14H2,1H3. The van der Waals surface area contributed by atoms with E-state index in [1.54, 1.807) is 17.4 Å². The molecule has 0 amide bonds. The Morgan fingerprint density at radius 3 is 2.50 bits per heavy atom. The summed E-state index contributed by atoms with van der Waals surface area (Å²) < 4.78 is 40.1. The highest BCUT2D eigenvalue weighted by Crippen LogP contribution is 2.34. The quantitative estimate of drug-likeness (QED) is 0.582. The molecule has 2 aromatic carbocycles. The fourth-order valence-electron chi connectivity index (χ4n) is 4.11. The summed E-state index contributed by atoms with van der Waals surface area (Å²) >= 11 is 1.65. The molecule has 0 aliphatic carbocycles. The number of thiophene rings is 1. The Morgan fingerprint density at radius 1 is 1.03 bits per heavy atom. The lowest BCUT2D eigenvalue weighted by Crippen LogP contribution is -2.48. The van der Waals surface area contributed by atoms with Crippen molar-refractivity contribution in [3.8, 4) is 0 Å². The molecular formula is C23H25F3N2OS. The maximum atomic E-state index is 13.0. The van der Waals surface area contributed by atoms with Crippen LogP contribution in [-0.4, -0.2) is 42.7 Å². The van der Waals surface area contributed by atoms with Gasteiger partial charge in [-0.15, -0.1) is 11.3 Å². The van der Waals surface area contributed by atoms with Crippen molar-refractivity contribution in [1.82, 2.24) is 4.90 Å². The SMILES string of the molecule is CC(CN1CCN(c2cccc(C(F)(F)F)c2)CC1)C(O)c1csc2ccccc12. The Morgan fingerprint density at radius 2 is 1.77 bits per heavy atom. The molecule has 4 rings (SSSR count). The normalized spacial score (nSPS) is 18.0. The number of anilines is 1. The van der Waals surface area contributed by atoms with E-state index in [2.05, 4.69) is 17.9 Å². The Bertz CT molecular complexity index is 995. The topological polar surface area (TPSA) is 26.7 Å². The van der Waals surface area contributed by atoms with Crippen LogP contribution >= 0.6 is 11.3 Å². The summed E-state index contributed by atoms with van der Waals surface area (Å²) in [6.45, 7) is 5.67. The van der Waals surface area contributed by atoms with Crippen LogP contribution in [0.25, 0.3) is 10.1 Å². The van der Waals surface area contributed by atoms with Crippen LogP contribution in [0.4, 0.5) is 18.9 Å². The predicted molar refractivity (Wildman–Crippen MR) is 116 cm³/mol. The summed E-state index contributed by atoms with van der Waals surface area (Å²) in [5.41, 5.74) is 0.982. The molecule has 0 radical (unpaired) electrons. The molecule has 2 atom stereocenters. The van der Waals surface area contributed by atoms with Crippen LogP contribution in [-0.2, 0) is 6.18 Å². The molecule has 1 aliphatic heterocycles. The molecule has 1 saturated heterocycles. The lowest BCUT2D eigenvalue weighted by atomic mass is 9.96. The number of benzene rings is 2. The molecule has 3 nitrogen and oxygen atoms in total. The minimum atomic E-state index is -4.32. The molecule has 2 heterocycles. The monoisotopic (exact) mass is 434 g/mol. The van der Waals surface area contributed by atoms with Crippen molar-refractivity contribution in [3.63, 3.8) is 0 Å². The summed E-state index contributed by atoms with van der Waals surface area (Å²) in [7, 11) is 0. The van der Waals surface area contributed by atoms with E-state index >= 15 is 0 Å². The fraction of sp³-hybridized carbons (Fsp3) is 0.391. The summed E-state index contributed by atoms with van der Waals surface area (Å²) in [5, 5.41) is 14.1. The van der Waals surface area contributed by atoms with E-state index in [0.29, 0.717) is 18.8 Å². The Hall–Kier alpha value is -2.09. The van der Waals surface area contributed by atoms with Crippen LogP contribution in [0, 0.1) is 5.92 Å². The summed E-state index contributed by atoms with van der Waals surface area (Å²) in [6.07, 6.45) is -4.86. The van der Waals surface area contributed by atoms with Gasteiger partial charge in [-0.25, -0.2) is 0 Å². The molecule has 1 aliphatic rings. The van der Waals surface area contributed by atoms with Gasteiger partial charge in [-0.2, -0.15) is 13.2 Å². The number of rotatable bonds is 5. The van der Waals surface area contributed by atoms with Gasteiger partial charge in [-0.05, 0) is 46.5 Å². The molecule has 30 heavy (non-hydrogen) atoms. The summed E-state index contributed by atoms with van der Waals surface area (Å²) in [6, 6.07) is 13.6. The van der Waals surface area contributed by atoms with E-state index in [0.717, 1.165) is 36.7 Å². The average Bonchev–Trinajstić information content (AvgIpc) is 3.17. The van der Waals surface area contributed by atoms with Crippen LogP contribution in [0.2, 0.25) is 0 Å². The van der Waals surface area contributed by atoms with E-state index < -0.39 is 17.8 Å². The van der Waals surface area contributed by atoms with Gasteiger partial charge in [-0.3, -0.25) is 4.90 Å². The minimum Gasteiger partial charge on any atom is -0.388 e. The molecule has 1 fully saturated rings. The smallest absolute Gasteiger partial charge is 0.388 e. The van der Waals surface area contributed by atoms with E-state index in [9.17, 15) is 18.3 Å². The highest BCUT2D eigenvalue weighted by Gasteiger charge is 2.31. The van der Waals surface area contributed by atoms with Crippen molar-refractivity contribution in [2.75, 3.05) is 37.6 Å². The van der Waals surface area contributed by atoms with Crippen LogP contribution in [0.15, 0.2) is 53.9 Å². The molecule has 160 valence electrons. The number of hydrogen-bond donors (Lipinski definition) is 1. The zero-order valence-corrected chi connectivity index (χ0v) is 17.6. The Labute approximate surface area is 178 Å². The number of piperazine rings is 1. The number of aliphatic hydroxyl groups is 1. The molecule has 3 aromatic rings. The van der Waals surface area contributed by atoms with Crippen molar-refractivity contribution in [2.45, 2.75) is 19.2 Å². The van der Waals surface area contributed by atoms with Gasteiger partial charge in [0.15, 0.2) is 0 Å². The first kappa shape index (κ1) is 21.2. The van der Waals surface area contributed by atoms with Gasteiger partial charge in [0.25, 0.3) is 0 Å². The number of halogens is 3. The lowest BCUT2D eigenvalue weighted by molar-refractivity contribution is -0.137. The molecule has 7 heteroatoms. The zero-order chi connectivity index (χ0) is 21.3. The number of hydrogen-bond acceptors (Lipinski definition) is 4. The fourth-order valence-corrected chi connectivity index (χ4v) is 5.10. The molecule has 0 bridgehead atoms. The molecule has 2 unspecified atom stereocenters. The van der Waals surface area contributed by atoms with Gasteiger partial charge in [-0.1, -0.05) is 31.2 Å². The van der Waals surface area contributed by atoms with E-state index in [1.807, 2.05) is 28.5 Å². The Kier molecular flexibility index (Phi) is 6.04. The van der Waals surface area contributed by atoms with Gasteiger partial charge < -0.3 is 10.0 Å². The molecule has 0 saturated carbocycles. The maximum Gasteiger partial charge on any atom is 0.416 e.